The largest absolute Gasteiger partial charge is 0.374 e. The van der Waals surface area contributed by atoms with Crippen molar-refractivity contribution in [3.8, 4) is 11.3 Å². The van der Waals surface area contributed by atoms with Crippen LogP contribution in [-0.4, -0.2) is 61.2 Å². The van der Waals surface area contributed by atoms with Gasteiger partial charge in [-0.25, -0.2) is 0 Å². The summed E-state index contributed by atoms with van der Waals surface area (Å²) in [6.07, 6.45) is 4.61. The van der Waals surface area contributed by atoms with Gasteiger partial charge in [0, 0.05) is 43.5 Å². The van der Waals surface area contributed by atoms with Crippen molar-refractivity contribution in [2.45, 2.75) is 25.5 Å². The van der Waals surface area contributed by atoms with Crippen LogP contribution in [0, 0.1) is 0 Å². The van der Waals surface area contributed by atoms with Crippen molar-refractivity contribution >= 4 is 5.91 Å². The van der Waals surface area contributed by atoms with E-state index in [1.165, 1.54) is 31.5 Å². The number of amides is 1. The van der Waals surface area contributed by atoms with Gasteiger partial charge in [0.05, 0.1) is 18.4 Å². The van der Waals surface area contributed by atoms with Crippen molar-refractivity contribution < 1.29 is 9.53 Å². The van der Waals surface area contributed by atoms with Crippen molar-refractivity contribution in [1.29, 1.82) is 0 Å². The molecule has 4 rings (SSSR count). The van der Waals surface area contributed by atoms with E-state index in [0.29, 0.717) is 18.7 Å². The van der Waals surface area contributed by atoms with Crippen molar-refractivity contribution in [1.82, 2.24) is 20.5 Å². The fraction of sp³-hybridized carbons (Fsp3) is 0.455. The number of nitrogens with zero attached hydrogens (tertiary/aromatic N) is 2. The monoisotopic (exact) mass is 380 g/mol. The second kappa shape index (κ2) is 9.28. The molecule has 0 unspecified atom stereocenters. The van der Waals surface area contributed by atoms with Crippen LogP contribution in [0.2, 0.25) is 0 Å². The van der Waals surface area contributed by atoms with Crippen molar-refractivity contribution in [2.75, 3.05) is 39.3 Å². The van der Waals surface area contributed by atoms with Crippen LogP contribution in [0.15, 0.2) is 42.6 Å². The number of hydrogen-bond donors (Lipinski definition) is 2. The van der Waals surface area contributed by atoms with E-state index in [2.05, 4.69) is 32.7 Å². The standard InChI is InChI=1S/C22H28N4O2/c27-22(25-15-20-14-23-9-12-28-20)19-6-4-18(5-7-19)21-8-3-17(13-24-21)16-26-10-1-2-11-26/h3-8,13,20,23H,1-2,9-12,14-16H2,(H,25,27)/t20-/m1/s1. The smallest absolute Gasteiger partial charge is 0.251 e. The molecule has 28 heavy (non-hydrogen) atoms. The van der Waals surface area contributed by atoms with Gasteiger partial charge in [-0.05, 0) is 49.7 Å². The highest BCUT2D eigenvalue weighted by Gasteiger charge is 2.15. The first-order chi connectivity index (χ1) is 13.8. The van der Waals surface area contributed by atoms with E-state index in [4.69, 9.17) is 4.74 Å². The van der Waals surface area contributed by atoms with Gasteiger partial charge in [0.15, 0.2) is 0 Å². The van der Waals surface area contributed by atoms with Crippen LogP contribution < -0.4 is 10.6 Å². The predicted molar refractivity (Wildman–Crippen MR) is 109 cm³/mol. The minimum Gasteiger partial charge on any atom is -0.374 e. The molecule has 6 nitrogen and oxygen atoms in total. The van der Waals surface area contributed by atoms with Gasteiger partial charge in [-0.3, -0.25) is 14.7 Å². The van der Waals surface area contributed by atoms with Gasteiger partial charge in [-0.2, -0.15) is 0 Å². The Hall–Kier alpha value is -2.28. The summed E-state index contributed by atoms with van der Waals surface area (Å²) >= 11 is 0. The van der Waals surface area contributed by atoms with Crippen LogP contribution >= 0.6 is 0 Å². The Morgan fingerprint density at radius 3 is 2.68 bits per heavy atom. The minimum absolute atomic E-state index is 0.0419. The van der Waals surface area contributed by atoms with Gasteiger partial charge in [-0.15, -0.1) is 0 Å². The maximum absolute atomic E-state index is 12.3. The second-order valence-corrected chi connectivity index (χ2v) is 7.52. The zero-order valence-corrected chi connectivity index (χ0v) is 16.2. The third-order valence-corrected chi connectivity index (χ3v) is 5.37. The normalized spacial score (nSPS) is 20.2. The second-order valence-electron chi connectivity index (χ2n) is 7.52. The molecule has 1 amide bonds. The van der Waals surface area contributed by atoms with Gasteiger partial charge in [0.25, 0.3) is 5.91 Å². The number of carbonyl (C=O) groups excluding carboxylic acids is 1. The topological polar surface area (TPSA) is 66.5 Å². The lowest BCUT2D eigenvalue weighted by Gasteiger charge is -2.23. The van der Waals surface area contributed by atoms with E-state index in [1.807, 2.05) is 30.5 Å². The molecule has 2 aliphatic heterocycles. The van der Waals surface area contributed by atoms with Gasteiger partial charge in [0.2, 0.25) is 0 Å². The molecule has 0 saturated carbocycles. The predicted octanol–water partition coefficient (Wildman–Crippen LogP) is 2.06. The van der Waals surface area contributed by atoms with Crippen molar-refractivity contribution in [2.24, 2.45) is 0 Å². The summed E-state index contributed by atoms with van der Waals surface area (Å²) in [6.45, 7) is 6.22. The number of carbonyl (C=O) groups is 1. The molecule has 1 aromatic heterocycles. The number of rotatable bonds is 6. The molecular weight excluding hydrogens is 352 g/mol. The molecule has 1 aromatic carbocycles. The molecule has 1 atom stereocenters. The van der Waals surface area contributed by atoms with Crippen molar-refractivity contribution in [3.05, 3.63) is 53.7 Å². The number of aromatic nitrogens is 1. The summed E-state index contributed by atoms with van der Waals surface area (Å²) in [4.78, 5) is 19.4. The van der Waals surface area contributed by atoms with E-state index in [-0.39, 0.29) is 12.0 Å². The Morgan fingerprint density at radius 2 is 2.00 bits per heavy atom. The SMILES string of the molecule is O=C(NC[C@H]1CNCCO1)c1ccc(-c2ccc(CN3CCCC3)cn2)cc1. The Bertz CT molecular complexity index is 764. The molecule has 0 spiro atoms. The maximum atomic E-state index is 12.3. The summed E-state index contributed by atoms with van der Waals surface area (Å²) in [5.41, 5.74) is 3.85. The number of hydrogen-bond acceptors (Lipinski definition) is 5. The first-order valence-corrected chi connectivity index (χ1v) is 10.2. The number of likely N-dealkylation sites (tertiary alicyclic amines) is 1. The molecule has 2 aromatic rings. The number of pyridine rings is 1. The molecule has 2 saturated heterocycles. The number of benzene rings is 1. The first-order valence-electron chi connectivity index (χ1n) is 10.2. The maximum Gasteiger partial charge on any atom is 0.251 e. The van der Waals surface area contributed by atoms with E-state index < -0.39 is 0 Å². The lowest BCUT2D eigenvalue weighted by Crippen LogP contribution is -2.45. The lowest BCUT2D eigenvalue weighted by molar-refractivity contribution is 0.0287. The summed E-state index contributed by atoms with van der Waals surface area (Å²) in [5, 5.41) is 6.21. The Kier molecular flexibility index (Phi) is 6.31. The first kappa shape index (κ1) is 19.1. The molecule has 0 aliphatic carbocycles. The molecule has 0 radical (unpaired) electrons. The third-order valence-electron chi connectivity index (χ3n) is 5.37. The molecule has 2 fully saturated rings. The fourth-order valence-corrected chi connectivity index (χ4v) is 3.74. The highest BCUT2D eigenvalue weighted by atomic mass is 16.5. The highest BCUT2D eigenvalue weighted by Crippen LogP contribution is 2.19. The van der Waals surface area contributed by atoms with Gasteiger partial charge in [-0.1, -0.05) is 18.2 Å². The highest BCUT2D eigenvalue weighted by molar-refractivity contribution is 5.94. The van der Waals surface area contributed by atoms with E-state index in [1.54, 1.807) is 0 Å². The van der Waals surface area contributed by atoms with Crippen LogP contribution in [0.1, 0.15) is 28.8 Å². The van der Waals surface area contributed by atoms with Gasteiger partial charge in [0.1, 0.15) is 0 Å². The third kappa shape index (κ3) is 4.95. The van der Waals surface area contributed by atoms with E-state index in [9.17, 15) is 4.79 Å². The number of morpholine rings is 1. The zero-order valence-electron chi connectivity index (χ0n) is 16.2. The van der Waals surface area contributed by atoms with Crippen LogP contribution in [-0.2, 0) is 11.3 Å². The van der Waals surface area contributed by atoms with E-state index in [0.717, 1.165) is 30.9 Å². The Labute approximate surface area is 166 Å². The number of nitrogens with one attached hydrogen (secondary N) is 2. The Balaban J connectivity index is 1.32. The summed E-state index contributed by atoms with van der Waals surface area (Å²) < 4.78 is 5.60. The van der Waals surface area contributed by atoms with Crippen LogP contribution in [0.3, 0.4) is 0 Å². The quantitative estimate of drug-likeness (QED) is 0.803. The van der Waals surface area contributed by atoms with Crippen LogP contribution in [0.4, 0.5) is 0 Å². The molecule has 2 aliphatic rings. The summed E-state index contributed by atoms with van der Waals surface area (Å²) in [7, 11) is 0. The van der Waals surface area contributed by atoms with Gasteiger partial charge >= 0.3 is 0 Å². The van der Waals surface area contributed by atoms with Crippen LogP contribution in [0.5, 0.6) is 0 Å². The molecule has 148 valence electrons. The fourth-order valence-electron chi connectivity index (χ4n) is 3.74. The van der Waals surface area contributed by atoms with Gasteiger partial charge < -0.3 is 15.4 Å². The molecular formula is C22H28N4O2. The molecule has 0 bridgehead atoms. The average Bonchev–Trinajstić information content (AvgIpc) is 3.26. The lowest BCUT2D eigenvalue weighted by atomic mass is 10.1. The summed E-state index contributed by atoms with van der Waals surface area (Å²) in [6, 6.07) is 11.8. The molecule has 2 N–H and O–H groups in total. The molecule has 6 heteroatoms. The minimum atomic E-state index is -0.0744. The van der Waals surface area contributed by atoms with Crippen molar-refractivity contribution in [3.63, 3.8) is 0 Å². The number of ether oxygens (including phenoxy) is 1. The average molecular weight is 380 g/mol. The summed E-state index contributed by atoms with van der Waals surface area (Å²) in [5.74, 6) is -0.0744. The van der Waals surface area contributed by atoms with Crippen LogP contribution in [0.25, 0.3) is 11.3 Å². The molecule has 3 heterocycles. The zero-order chi connectivity index (χ0) is 19.2. The Morgan fingerprint density at radius 1 is 1.18 bits per heavy atom. The van der Waals surface area contributed by atoms with E-state index >= 15 is 0 Å².